The number of nitrogens with zero attached hydrogens (tertiary/aromatic N) is 3. The molecule has 7 nitrogen and oxygen atoms in total. The van der Waals surface area contributed by atoms with E-state index in [4.69, 9.17) is 4.52 Å². The Balaban J connectivity index is 1.85. The molecule has 0 saturated carbocycles. The molecule has 0 spiro atoms. The average Bonchev–Trinajstić information content (AvgIpc) is 3.11. The van der Waals surface area contributed by atoms with Crippen molar-refractivity contribution in [3.8, 4) is 0 Å². The lowest BCUT2D eigenvalue weighted by atomic mass is 10.1. The molecule has 2 unspecified atom stereocenters. The van der Waals surface area contributed by atoms with Gasteiger partial charge in [0.1, 0.15) is 6.04 Å². The summed E-state index contributed by atoms with van der Waals surface area (Å²) in [7, 11) is 1.86. The maximum atomic E-state index is 12.6. The average molecular weight is 328 g/mol. The normalized spacial score (nSPS) is 16.4. The third-order valence-electron chi connectivity index (χ3n) is 4.28. The lowest BCUT2D eigenvalue weighted by Gasteiger charge is -2.18. The highest BCUT2D eigenvalue weighted by Crippen LogP contribution is 2.31. The fraction of sp³-hybridized carbons (Fsp3) is 0.412. The number of nitrogens with one attached hydrogen (secondary N) is 1. The first kappa shape index (κ1) is 16.3. The van der Waals surface area contributed by atoms with Gasteiger partial charge in [-0.3, -0.25) is 14.5 Å². The Bertz CT molecular complexity index is 799. The Morgan fingerprint density at radius 2 is 1.92 bits per heavy atom. The zero-order valence-electron chi connectivity index (χ0n) is 14.2. The first-order chi connectivity index (χ1) is 11.4. The molecular weight excluding hydrogens is 308 g/mol. The fourth-order valence-corrected chi connectivity index (χ4v) is 2.73. The molecule has 0 fully saturated rings. The van der Waals surface area contributed by atoms with Gasteiger partial charge in [-0.1, -0.05) is 16.8 Å². The number of carbonyl (C=O) groups is 2. The van der Waals surface area contributed by atoms with E-state index in [9.17, 15) is 9.59 Å². The van der Waals surface area contributed by atoms with Crippen LogP contribution in [0.1, 0.15) is 57.9 Å². The Hall–Kier alpha value is -2.54. The third-order valence-corrected chi connectivity index (χ3v) is 4.28. The molecule has 0 aliphatic carbocycles. The molecule has 0 bridgehead atoms. The molecule has 1 aromatic carbocycles. The number of likely N-dealkylation sites (N-methyl/N-ethyl adjacent to an activating group) is 1. The molecular formula is C17H20N4O3. The molecule has 3 rings (SSSR count). The van der Waals surface area contributed by atoms with Crippen LogP contribution in [-0.2, 0) is 6.42 Å². The van der Waals surface area contributed by atoms with Crippen molar-refractivity contribution in [2.24, 2.45) is 0 Å². The minimum atomic E-state index is -0.608. The van der Waals surface area contributed by atoms with E-state index in [0.29, 0.717) is 23.4 Å². The van der Waals surface area contributed by atoms with E-state index in [1.54, 1.807) is 19.1 Å². The number of carbonyl (C=O) groups excluding carboxylic acids is 2. The van der Waals surface area contributed by atoms with Crippen LogP contribution in [0.2, 0.25) is 0 Å². The van der Waals surface area contributed by atoms with E-state index >= 15 is 0 Å². The van der Waals surface area contributed by atoms with Gasteiger partial charge in [0.2, 0.25) is 5.89 Å². The molecule has 1 aromatic heterocycles. The maximum absolute atomic E-state index is 12.6. The van der Waals surface area contributed by atoms with E-state index < -0.39 is 6.04 Å². The van der Waals surface area contributed by atoms with Crippen LogP contribution in [0.15, 0.2) is 22.7 Å². The largest absolute Gasteiger partial charge is 0.337 e. The predicted molar refractivity (Wildman–Crippen MR) is 86.6 cm³/mol. The van der Waals surface area contributed by atoms with Crippen LogP contribution >= 0.6 is 0 Å². The second-order valence-electron chi connectivity index (χ2n) is 6.15. The summed E-state index contributed by atoms with van der Waals surface area (Å²) in [5.41, 5.74) is 1.78. The number of hydrogen-bond acceptors (Lipinski definition) is 6. The van der Waals surface area contributed by atoms with Gasteiger partial charge >= 0.3 is 0 Å². The van der Waals surface area contributed by atoms with Crippen molar-refractivity contribution in [3.63, 3.8) is 0 Å². The van der Waals surface area contributed by atoms with Crippen LogP contribution in [0.5, 0.6) is 0 Å². The number of rotatable bonds is 5. The lowest BCUT2D eigenvalue weighted by Crippen LogP contribution is -2.32. The minimum absolute atomic E-state index is 0.202. The van der Waals surface area contributed by atoms with E-state index in [-0.39, 0.29) is 23.7 Å². The molecule has 24 heavy (non-hydrogen) atoms. The summed E-state index contributed by atoms with van der Waals surface area (Å²) in [5, 5.41) is 7.03. The molecule has 0 saturated heterocycles. The highest BCUT2D eigenvalue weighted by molar-refractivity contribution is 6.21. The van der Waals surface area contributed by atoms with Crippen LogP contribution in [0.25, 0.3) is 0 Å². The van der Waals surface area contributed by atoms with Gasteiger partial charge in [0, 0.05) is 12.5 Å². The number of amides is 2. The fourth-order valence-electron chi connectivity index (χ4n) is 2.73. The van der Waals surface area contributed by atoms with E-state index in [2.05, 4.69) is 15.5 Å². The van der Waals surface area contributed by atoms with Crippen LogP contribution in [-0.4, -0.2) is 39.9 Å². The monoisotopic (exact) mass is 328 g/mol. The van der Waals surface area contributed by atoms with Gasteiger partial charge in [0.05, 0.1) is 11.1 Å². The second kappa shape index (κ2) is 6.16. The van der Waals surface area contributed by atoms with Crippen molar-refractivity contribution in [1.29, 1.82) is 0 Å². The first-order valence-corrected chi connectivity index (χ1v) is 7.90. The van der Waals surface area contributed by atoms with E-state index in [1.807, 2.05) is 27.0 Å². The summed E-state index contributed by atoms with van der Waals surface area (Å²) in [6.07, 6.45) is 0.605. The standard InChI is InChI=1S/C17H20N4O3/c1-9-5-6-12-13(7-9)17(23)21(16(12)22)11(3)15-19-14(20-24-15)8-10(2)18-4/h5-7,10-11,18H,8H2,1-4H3. The molecule has 126 valence electrons. The summed E-state index contributed by atoms with van der Waals surface area (Å²) in [6, 6.07) is 4.83. The Labute approximate surface area is 140 Å². The third kappa shape index (κ3) is 2.71. The summed E-state index contributed by atoms with van der Waals surface area (Å²) in [5.74, 6) is 0.158. The summed E-state index contributed by atoms with van der Waals surface area (Å²) in [6.45, 7) is 5.61. The van der Waals surface area contributed by atoms with Crippen molar-refractivity contribution in [1.82, 2.24) is 20.4 Å². The van der Waals surface area contributed by atoms with Crippen molar-refractivity contribution >= 4 is 11.8 Å². The molecule has 0 radical (unpaired) electrons. The van der Waals surface area contributed by atoms with Crippen LogP contribution < -0.4 is 5.32 Å². The van der Waals surface area contributed by atoms with Gasteiger partial charge in [0.25, 0.3) is 11.8 Å². The predicted octanol–water partition coefficient (Wildman–Crippen LogP) is 1.89. The maximum Gasteiger partial charge on any atom is 0.262 e. The van der Waals surface area contributed by atoms with Gasteiger partial charge < -0.3 is 9.84 Å². The Kier molecular flexibility index (Phi) is 4.19. The molecule has 7 heteroatoms. The molecule has 1 N–H and O–H groups in total. The number of fused-ring (bicyclic) bond motifs is 1. The molecule has 1 aliphatic rings. The number of imide groups is 1. The van der Waals surface area contributed by atoms with Gasteiger partial charge in [-0.25, -0.2) is 0 Å². The SMILES string of the molecule is CNC(C)Cc1noc(C(C)N2C(=O)c3ccc(C)cc3C2=O)n1. The van der Waals surface area contributed by atoms with Crippen molar-refractivity contribution in [2.45, 2.75) is 39.3 Å². The quantitative estimate of drug-likeness (QED) is 0.843. The van der Waals surface area contributed by atoms with Crippen LogP contribution in [0, 0.1) is 6.92 Å². The smallest absolute Gasteiger partial charge is 0.262 e. The van der Waals surface area contributed by atoms with Crippen molar-refractivity contribution in [3.05, 3.63) is 46.6 Å². The number of aryl methyl sites for hydroxylation is 1. The Morgan fingerprint density at radius 3 is 2.62 bits per heavy atom. The van der Waals surface area contributed by atoms with Crippen LogP contribution in [0.4, 0.5) is 0 Å². The number of hydrogen-bond donors (Lipinski definition) is 1. The molecule has 2 aromatic rings. The van der Waals surface area contributed by atoms with Gasteiger partial charge in [-0.15, -0.1) is 0 Å². The van der Waals surface area contributed by atoms with Crippen LogP contribution in [0.3, 0.4) is 0 Å². The first-order valence-electron chi connectivity index (χ1n) is 7.90. The van der Waals surface area contributed by atoms with Crippen molar-refractivity contribution in [2.75, 3.05) is 7.05 Å². The summed E-state index contributed by atoms with van der Waals surface area (Å²) in [4.78, 5) is 30.7. The molecule has 2 amide bonds. The van der Waals surface area contributed by atoms with E-state index in [0.717, 1.165) is 5.56 Å². The number of aromatic nitrogens is 2. The number of benzene rings is 1. The highest BCUT2D eigenvalue weighted by atomic mass is 16.5. The molecule has 1 aliphatic heterocycles. The summed E-state index contributed by atoms with van der Waals surface area (Å²) >= 11 is 0. The zero-order chi connectivity index (χ0) is 17.4. The molecule has 2 heterocycles. The summed E-state index contributed by atoms with van der Waals surface area (Å²) < 4.78 is 5.27. The van der Waals surface area contributed by atoms with E-state index in [1.165, 1.54) is 4.90 Å². The van der Waals surface area contributed by atoms with Gasteiger partial charge in [0.15, 0.2) is 5.82 Å². The lowest BCUT2D eigenvalue weighted by molar-refractivity contribution is 0.0568. The van der Waals surface area contributed by atoms with Gasteiger partial charge in [-0.05, 0) is 40.0 Å². The second-order valence-corrected chi connectivity index (χ2v) is 6.15. The Morgan fingerprint density at radius 1 is 1.21 bits per heavy atom. The van der Waals surface area contributed by atoms with Gasteiger partial charge in [-0.2, -0.15) is 4.98 Å². The zero-order valence-corrected chi connectivity index (χ0v) is 14.2. The molecule has 2 atom stereocenters. The minimum Gasteiger partial charge on any atom is -0.337 e. The highest BCUT2D eigenvalue weighted by Gasteiger charge is 2.40. The topological polar surface area (TPSA) is 88.3 Å². The van der Waals surface area contributed by atoms with Crippen molar-refractivity contribution < 1.29 is 14.1 Å².